The van der Waals surface area contributed by atoms with Gasteiger partial charge in [0.05, 0.1) is 27.2 Å². The third-order valence-electron chi connectivity index (χ3n) is 4.67. The van der Waals surface area contributed by atoms with E-state index in [1.165, 1.54) is 28.4 Å². The van der Waals surface area contributed by atoms with Crippen LogP contribution in [0.25, 0.3) is 21.7 Å². The Balaban J connectivity index is 1.50. The molecule has 3 aromatic heterocycles. The van der Waals surface area contributed by atoms with Crippen molar-refractivity contribution in [2.45, 2.75) is 13.5 Å². The molecule has 3 heterocycles. The van der Waals surface area contributed by atoms with Crippen molar-refractivity contribution < 1.29 is 23.2 Å². The van der Waals surface area contributed by atoms with Gasteiger partial charge in [-0.3, -0.25) is 4.79 Å². The van der Waals surface area contributed by atoms with Gasteiger partial charge in [0.15, 0.2) is 6.61 Å². The van der Waals surface area contributed by atoms with Crippen molar-refractivity contribution >= 4 is 34.3 Å². The Hall–Kier alpha value is -3.59. The number of amides is 1. The maximum absolute atomic E-state index is 13.3. The zero-order valence-corrected chi connectivity index (χ0v) is 17.6. The summed E-state index contributed by atoms with van der Waals surface area (Å²) in [4.78, 5) is 31.9. The molecule has 0 saturated heterocycles. The van der Waals surface area contributed by atoms with Gasteiger partial charge in [0.1, 0.15) is 5.82 Å². The number of benzene rings is 1. The highest BCUT2D eigenvalue weighted by Gasteiger charge is 2.22. The monoisotopic (exact) mass is 439 g/mol. The van der Waals surface area contributed by atoms with Crippen LogP contribution in [0.3, 0.4) is 0 Å². The van der Waals surface area contributed by atoms with E-state index in [0.717, 1.165) is 4.88 Å². The van der Waals surface area contributed by atoms with Gasteiger partial charge in [-0.1, -0.05) is 23.4 Å². The Morgan fingerprint density at radius 3 is 2.81 bits per heavy atom. The molecule has 4 rings (SSSR count). The Bertz CT molecular complexity index is 1250. The SMILES string of the molecule is Cc1noc2nc(-c3cccs3)cc(C(=O)OCC(=O)N(C)Cc3cccc(F)c3)c12. The summed E-state index contributed by atoms with van der Waals surface area (Å²) in [5.74, 6) is -1.47. The number of hydrogen-bond acceptors (Lipinski definition) is 7. The number of ether oxygens (including phenoxy) is 1. The number of aromatic nitrogens is 2. The Morgan fingerprint density at radius 1 is 1.23 bits per heavy atom. The molecule has 1 aromatic carbocycles. The minimum Gasteiger partial charge on any atom is -0.452 e. The highest BCUT2D eigenvalue weighted by molar-refractivity contribution is 7.13. The Morgan fingerprint density at radius 2 is 2.06 bits per heavy atom. The molecule has 9 heteroatoms. The van der Waals surface area contributed by atoms with E-state index in [4.69, 9.17) is 9.26 Å². The van der Waals surface area contributed by atoms with Gasteiger partial charge in [0, 0.05) is 13.6 Å². The molecule has 0 radical (unpaired) electrons. The maximum Gasteiger partial charge on any atom is 0.339 e. The largest absolute Gasteiger partial charge is 0.452 e. The lowest BCUT2D eigenvalue weighted by atomic mass is 10.1. The van der Waals surface area contributed by atoms with Gasteiger partial charge in [-0.15, -0.1) is 11.3 Å². The minimum absolute atomic E-state index is 0.195. The molecule has 1 amide bonds. The predicted octanol–water partition coefficient (Wildman–Crippen LogP) is 4.21. The second-order valence-electron chi connectivity index (χ2n) is 6.94. The lowest BCUT2D eigenvalue weighted by molar-refractivity contribution is -0.133. The average Bonchev–Trinajstić information content (AvgIpc) is 3.41. The number of pyridine rings is 1. The van der Waals surface area contributed by atoms with Crippen LogP contribution >= 0.6 is 11.3 Å². The van der Waals surface area contributed by atoms with Gasteiger partial charge in [0.2, 0.25) is 0 Å². The smallest absolute Gasteiger partial charge is 0.339 e. The standard InChI is InChI=1S/C22H18FN3O4S/c1-13-20-16(10-17(18-7-4-8-31-18)24-21(20)30-25-13)22(28)29-12-19(27)26(2)11-14-5-3-6-15(23)9-14/h3-10H,11-12H2,1-2H3. The number of carbonyl (C=O) groups is 2. The molecular weight excluding hydrogens is 421 g/mol. The number of carbonyl (C=O) groups excluding carboxylic acids is 2. The van der Waals surface area contributed by atoms with Crippen LogP contribution in [0.5, 0.6) is 0 Å². The van der Waals surface area contributed by atoms with Crippen LogP contribution in [0.2, 0.25) is 0 Å². The number of esters is 1. The van der Waals surface area contributed by atoms with Gasteiger partial charge in [-0.25, -0.2) is 14.2 Å². The summed E-state index contributed by atoms with van der Waals surface area (Å²) in [5.41, 5.74) is 2.15. The molecular formula is C22H18FN3O4S. The fourth-order valence-corrected chi connectivity index (χ4v) is 3.81. The van der Waals surface area contributed by atoms with E-state index in [9.17, 15) is 14.0 Å². The number of rotatable bonds is 6. The van der Waals surface area contributed by atoms with Gasteiger partial charge < -0.3 is 14.2 Å². The first-order chi connectivity index (χ1) is 14.9. The summed E-state index contributed by atoms with van der Waals surface area (Å²) in [7, 11) is 1.56. The van der Waals surface area contributed by atoms with Crippen molar-refractivity contribution in [1.82, 2.24) is 15.0 Å². The average molecular weight is 439 g/mol. The molecule has 0 aliphatic rings. The van der Waals surface area contributed by atoms with Crippen molar-refractivity contribution in [2.24, 2.45) is 0 Å². The molecule has 0 fully saturated rings. The van der Waals surface area contributed by atoms with Gasteiger partial charge in [0.25, 0.3) is 11.6 Å². The van der Waals surface area contributed by atoms with Crippen molar-refractivity contribution in [3.05, 3.63) is 70.5 Å². The zero-order chi connectivity index (χ0) is 22.0. The molecule has 7 nitrogen and oxygen atoms in total. The Labute approximate surface area is 181 Å². The fraction of sp³-hybridized carbons (Fsp3) is 0.182. The molecule has 0 aliphatic carbocycles. The molecule has 0 atom stereocenters. The summed E-state index contributed by atoms with van der Waals surface area (Å²) in [6.45, 7) is 1.45. The number of hydrogen-bond donors (Lipinski definition) is 0. The second-order valence-corrected chi connectivity index (χ2v) is 7.88. The highest BCUT2D eigenvalue weighted by atomic mass is 32.1. The van der Waals surface area contributed by atoms with E-state index in [1.807, 2.05) is 17.5 Å². The number of nitrogens with zero attached hydrogens (tertiary/aromatic N) is 3. The quantitative estimate of drug-likeness (QED) is 0.418. The molecule has 4 aromatic rings. The van der Waals surface area contributed by atoms with Crippen molar-refractivity contribution in [1.29, 1.82) is 0 Å². The molecule has 0 bridgehead atoms. The molecule has 0 aliphatic heterocycles. The number of fused-ring (bicyclic) bond motifs is 1. The van der Waals surface area contributed by atoms with Crippen molar-refractivity contribution in [3.63, 3.8) is 0 Å². The summed E-state index contributed by atoms with van der Waals surface area (Å²) < 4.78 is 23.9. The molecule has 0 spiro atoms. The van der Waals surface area contributed by atoms with E-state index in [1.54, 1.807) is 32.2 Å². The lowest BCUT2D eigenvalue weighted by Crippen LogP contribution is -2.30. The first-order valence-corrected chi connectivity index (χ1v) is 10.3. The summed E-state index contributed by atoms with van der Waals surface area (Å²) >= 11 is 1.47. The number of aryl methyl sites for hydroxylation is 1. The summed E-state index contributed by atoms with van der Waals surface area (Å²) in [6, 6.07) is 11.3. The zero-order valence-electron chi connectivity index (χ0n) is 16.8. The number of halogens is 1. The third-order valence-corrected chi connectivity index (χ3v) is 5.56. The van der Waals surface area contributed by atoms with Crippen LogP contribution in [0.15, 0.2) is 52.4 Å². The van der Waals surface area contributed by atoms with E-state index in [2.05, 4.69) is 10.1 Å². The van der Waals surface area contributed by atoms with Gasteiger partial charge in [-0.05, 0) is 42.1 Å². The predicted molar refractivity (Wildman–Crippen MR) is 113 cm³/mol. The van der Waals surface area contributed by atoms with Crippen molar-refractivity contribution in [2.75, 3.05) is 13.7 Å². The van der Waals surface area contributed by atoms with Crippen LogP contribution in [0.4, 0.5) is 4.39 Å². The van der Waals surface area contributed by atoms with Gasteiger partial charge in [-0.2, -0.15) is 0 Å². The van der Waals surface area contributed by atoms with E-state index >= 15 is 0 Å². The summed E-state index contributed by atoms with van der Waals surface area (Å²) in [5, 5.41) is 6.24. The number of likely N-dealkylation sites (N-methyl/N-ethyl adjacent to an activating group) is 1. The summed E-state index contributed by atoms with van der Waals surface area (Å²) in [6.07, 6.45) is 0. The van der Waals surface area contributed by atoms with E-state index in [0.29, 0.717) is 22.3 Å². The molecule has 0 N–H and O–H groups in total. The van der Waals surface area contributed by atoms with Crippen LogP contribution in [-0.2, 0) is 16.1 Å². The Kier molecular flexibility index (Phi) is 5.77. The molecule has 158 valence electrons. The minimum atomic E-state index is -0.677. The van der Waals surface area contributed by atoms with Crippen LogP contribution < -0.4 is 0 Å². The van der Waals surface area contributed by atoms with Crippen LogP contribution in [-0.4, -0.2) is 40.6 Å². The molecule has 0 unspecified atom stereocenters. The van der Waals surface area contributed by atoms with E-state index in [-0.39, 0.29) is 23.6 Å². The maximum atomic E-state index is 13.3. The first kappa shape index (κ1) is 20.7. The van der Waals surface area contributed by atoms with Gasteiger partial charge >= 0.3 is 5.97 Å². The molecule has 31 heavy (non-hydrogen) atoms. The topological polar surface area (TPSA) is 85.5 Å². The molecule has 0 saturated carbocycles. The van der Waals surface area contributed by atoms with E-state index < -0.39 is 18.5 Å². The van der Waals surface area contributed by atoms with Crippen molar-refractivity contribution in [3.8, 4) is 10.6 Å². The highest BCUT2D eigenvalue weighted by Crippen LogP contribution is 2.29. The fourth-order valence-electron chi connectivity index (χ4n) is 3.12. The lowest BCUT2D eigenvalue weighted by Gasteiger charge is -2.17. The van der Waals surface area contributed by atoms with Crippen LogP contribution in [0, 0.1) is 12.7 Å². The number of thiophene rings is 1. The first-order valence-electron chi connectivity index (χ1n) is 9.39. The van der Waals surface area contributed by atoms with Crippen LogP contribution in [0.1, 0.15) is 21.6 Å². The second kappa shape index (κ2) is 8.65. The third kappa shape index (κ3) is 4.46. The normalized spacial score (nSPS) is 10.9.